The minimum atomic E-state index is 0.469. The van der Waals surface area contributed by atoms with Crippen LogP contribution < -0.4 is 4.90 Å². The Hall–Kier alpha value is -1.24. The topological polar surface area (TPSA) is 44.7 Å². The van der Waals surface area contributed by atoms with E-state index in [4.69, 9.17) is 4.74 Å². The van der Waals surface area contributed by atoms with Gasteiger partial charge in [-0.05, 0) is 7.05 Å². The van der Waals surface area contributed by atoms with Crippen molar-refractivity contribution < 1.29 is 4.74 Å². The Bertz CT molecular complexity index is 464. The molecule has 2 atom stereocenters. The molecule has 6 nitrogen and oxygen atoms in total. The SMILES string of the molecule is CN1C[C@@H]2COC[C@H](C1)N(Cc1cnc(N(C)C)nc1)C2. The summed E-state index contributed by atoms with van der Waals surface area (Å²) >= 11 is 0. The Balaban J connectivity index is 1.71. The van der Waals surface area contributed by atoms with E-state index in [1.54, 1.807) is 0 Å². The van der Waals surface area contributed by atoms with Crippen LogP contribution in [0.15, 0.2) is 12.4 Å². The van der Waals surface area contributed by atoms with Crippen molar-refractivity contribution >= 4 is 5.95 Å². The van der Waals surface area contributed by atoms with Crippen molar-refractivity contribution in [3.8, 4) is 0 Å². The fourth-order valence-electron chi connectivity index (χ4n) is 3.25. The highest BCUT2D eigenvalue weighted by atomic mass is 16.5. The number of rotatable bonds is 3. The Morgan fingerprint density at radius 3 is 2.67 bits per heavy atom. The number of nitrogens with zero attached hydrogens (tertiary/aromatic N) is 5. The van der Waals surface area contributed by atoms with Gasteiger partial charge in [0.2, 0.25) is 5.95 Å². The van der Waals surface area contributed by atoms with Crippen LogP contribution in [0.3, 0.4) is 0 Å². The van der Waals surface area contributed by atoms with Gasteiger partial charge in [0, 0.05) is 70.2 Å². The first-order valence-corrected chi connectivity index (χ1v) is 7.60. The monoisotopic (exact) mass is 291 g/mol. The van der Waals surface area contributed by atoms with Gasteiger partial charge in [0.15, 0.2) is 0 Å². The number of hydrogen-bond acceptors (Lipinski definition) is 6. The third kappa shape index (κ3) is 3.51. The highest BCUT2D eigenvalue weighted by Gasteiger charge is 2.31. The van der Waals surface area contributed by atoms with Gasteiger partial charge in [0.05, 0.1) is 13.2 Å². The van der Waals surface area contributed by atoms with E-state index in [0.717, 1.165) is 45.3 Å². The highest BCUT2D eigenvalue weighted by molar-refractivity contribution is 5.26. The summed E-state index contributed by atoms with van der Waals surface area (Å²) in [5.74, 6) is 1.36. The summed E-state index contributed by atoms with van der Waals surface area (Å²) in [6, 6.07) is 0.469. The number of fused-ring (bicyclic) bond motifs is 3. The summed E-state index contributed by atoms with van der Waals surface area (Å²) in [5.41, 5.74) is 1.18. The predicted octanol–water partition coefficient (Wildman–Crippen LogP) is 0.305. The normalized spacial score (nSPS) is 27.4. The molecule has 0 amide bonds. The van der Waals surface area contributed by atoms with Gasteiger partial charge in [-0.15, -0.1) is 0 Å². The molecular formula is C15H25N5O. The molecule has 21 heavy (non-hydrogen) atoms. The second kappa shape index (κ2) is 6.25. The van der Waals surface area contributed by atoms with Crippen molar-refractivity contribution in [1.29, 1.82) is 0 Å². The van der Waals surface area contributed by atoms with E-state index in [1.807, 2.05) is 31.4 Å². The van der Waals surface area contributed by atoms with Crippen molar-refractivity contribution in [2.45, 2.75) is 12.6 Å². The average Bonchev–Trinajstić information content (AvgIpc) is 2.69. The molecule has 2 saturated heterocycles. The van der Waals surface area contributed by atoms with E-state index >= 15 is 0 Å². The maximum Gasteiger partial charge on any atom is 0.224 e. The zero-order valence-electron chi connectivity index (χ0n) is 13.2. The summed E-state index contributed by atoms with van der Waals surface area (Å²) < 4.78 is 5.82. The van der Waals surface area contributed by atoms with E-state index < -0.39 is 0 Å². The molecule has 6 heteroatoms. The van der Waals surface area contributed by atoms with E-state index in [2.05, 4.69) is 26.8 Å². The van der Waals surface area contributed by atoms with E-state index in [-0.39, 0.29) is 0 Å². The zero-order valence-corrected chi connectivity index (χ0v) is 13.2. The van der Waals surface area contributed by atoms with Crippen LogP contribution >= 0.6 is 0 Å². The lowest BCUT2D eigenvalue weighted by atomic mass is 10.1. The molecule has 2 aliphatic rings. The van der Waals surface area contributed by atoms with Gasteiger partial charge in [-0.1, -0.05) is 0 Å². The van der Waals surface area contributed by atoms with Gasteiger partial charge in [0.25, 0.3) is 0 Å². The van der Waals surface area contributed by atoms with Crippen LogP contribution in [-0.4, -0.2) is 79.8 Å². The van der Waals surface area contributed by atoms with E-state index in [0.29, 0.717) is 12.0 Å². The van der Waals surface area contributed by atoms with Gasteiger partial charge in [0.1, 0.15) is 0 Å². The second-order valence-electron chi connectivity index (χ2n) is 6.49. The van der Waals surface area contributed by atoms with Crippen LogP contribution in [0.4, 0.5) is 5.95 Å². The molecule has 0 saturated carbocycles. The number of likely N-dealkylation sites (N-methyl/N-ethyl adjacent to an activating group) is 1. The standard InChI is InChI=1S/C15H25N5O/c1-18(2)15-16-4-12(5-17-15)7-20-8-13-6-19(3)9-14(20)11-21-10-13/h4-5,13-14H,6-11H2,1-3H3/t13-,14-/m0/s1. The fourth-order valence-corrected chi connectivity index (χ4v) is 3.25. The first kappa shape index (κ1) is 14.7. The molecule has 0 spiro atoms. The minimum absolute atomic E-state index is 0.469. The van der Waals surface area contributed by atoms with Crippen LogP contribution in [0, 0.1) is 5.92 Å². The fraction of sp³-hybridized carbons (Fsp3) is 0.733. The summed E-state index contributed by atoms with van der Waals surface area (Å²) in [7, 11) is 6.13. The molecule has 0 aliphatic carbocycles. The molecule has 0 radical (unpaired) electrons. The molecule has 1 aromatic rings. The average molecular weight is 291 g/mol. The lowest BCUT2D eigenvalue weighted by molar-refractivity contribution is 0.0561. The van der Waals surface area contributed by atoms with E-state index in [9.17, 15) is 0 Å². The molecular weight excluding hydrogens is 266 g/mol. The lowest BCUT2D eigenvalue weighted by Gasteiger charge is -2.29. The van der Waals surface area contributed by atoms with Crippen molar-refractivity contribution in [3.05, 3.63) is 18.0 Å². The smallest absolute Gasteiger partial charge is 0.224 e. The van der Waals surface area contributed by atoms with Gasteiger partial charge in [-0.25, -0.2) is 9.97 Å². The van der Waals surface area contributed by atoms with Crippen LogP contribution in [-0.2, 0) is 11.3 Å². The first-order chi connectivity index (χ1) is 10.1. The molecule has 0 unspecified atom stereocenters. The third-order valence-corrected chi connectivity index (χ3v) is 4.24. The van der Waals surface area contributed by atoms with Crippen molar-refractivity contribution in [2.75, 3.05) is 58.9 Å². The van der Waals surface area contributed by atoms with E-state index in [1.165, 1.54) is 5.56 Å². The summed E-state index contributed by atoms with van der Waals surface area (Å²) in [4.78, 5) is 15.7. The Morgan fingerprint density at radius 1 is 1.19 bits per heavy atom. The van der Waals surface area contributed by atoms with Crippen molar-refractivity contribution in [3.63, 3.8) is 0 Å². The zero-order chi connectivity index (χ0) is 14.8. The molecule has 3 rings (SSSR count). The maximum absolute atomic E-state index is 5.82. The number of aromatic nitrogens is 2. The van der Waals surface area contributed by atoms with Crippen LogP contribution in [0.1, 0.15) is 5.56 Å². The molecule has 1 aromatic heterocycles. The number of ether oxygens (including phenoxy) is 1. The largest absolute Gasteiger partial charge is 0.379 e. The maximum atomic E-state index is 5.82. The first-order valence-electron chi connectivity index (χ1n) is 7.60. The quantitative estimate of drug-likeness (QED) is 0.798. The molecule has 3 heterocycles. The van der Waals surface area contributed by atoms with Crippen LogP contribution in [0.25, 0.3) is 0 Å². The van der Waals surface area contributed by atoms with Gasteiger partial charge >= 0.3 is 0 Å². The van der Waals surface area contributed by atoms with Crippen molar-refractivity contribution in [2.24, 2.45) is 5.92 Å². The molecule has 0 aromatic carbocycles. The van der Waals surface area contributed by atoms with Gasteiger partial charge < -0.3 is 14.5 Å². The minimum Gasteiger partial charge on any atom is -0.379 e. The second-order valence-corrected chi connectivity index (χ2v) is 6.49. The summed E-state index contributed by atoms with van der Waals surface area (Å²) in [6.45, 7) is 5.93. The molecule has 2 fully saturated rings. The molecule has 116 valence electrons. The molecule has 2 aliphatic heterocycles. The Morgan fingerprint density at radius 2 is 1.95 bits per heavy atom. The molecule has 0 N–H and O–H groups in total. The van der Waals surface area contributed by atoms with Gasteiger partial charge in [-0.3, -0.25) is 4.90 Å². The molecule has 2 bridgehead atoms. The van der Waals surface area contributed by atoms with Gasteiger partial charge in [-0.2, -0.15) is 0 Å². The predicted molar refractivity (Wildman–Crippen MR) is 82.4 cm³/mol. The van der Waals surface area contributed by atoms with Crippen LogP contribution in [0.2, 0.25) is 0 Å². The van der Waals surface area contributed by atoms with Crippen molar-refractivity contribution in [1.82, 2.24) is 19.8 Å². The highest BCUT2D eigenvalue weighted by Crippen LogP contribution is 2.20. The number of anilines is 1. The Labute approximate surface area is 126 Å². The third-order valence-electron chi connectivity index (χ3n) is 4.24. The Kier molecular flexibility index (Phi) is 4.37. The number of hydrogen-bond donors (Lipinski definition) is 0. The summed E-state index contributed by atoms with van der Waals surface area (Å²) in [6.07, 6.45) is 3.89. The van der Waals surface area contributed by atoms with Crippen LogP contribution in [0.5, 0.6) is 0 Å². The lowest BCUT2D eigenvalue weighted by Crippen LogP contribution is -2.42. The summed E-state index contributed by atoms with van der Waals surface area (Å²) in [5, 5.41) is 0.